The fraction of sp³-hybridized carbons (Fsp3) is 0.381. The zero-order chi connectivity index (χ0) is 22.8. The molecule has 1 aliphatic rings. The van der Waals surface area contributed by atoms with Gasteiger partial charge in [0.1, 0.15) is 0 Å². The van der Waals surface area contributed by atoms with Crippen molar-refractivity contribution >= 4 is 43.0 Å². The minimum atomic E-state index is -3.86. The molecule has 0 saturated heterocycles. The number of benzene rings is 2. The zero-order valence-electron chi connectivity index (χ0n) is 17.8. The van der Waals surface area contributed by atoms with Gasteiger partial charge in [0.15, 0.2) is 0 Å². The summed E-state index contributed by atoms with van der Waals surface area (Å²) in [6.45, 7) is 5.29. The molecule has 2 aromatic rings. The van der Waals surface area contributed by atoms with E-state index in [0.717, 1.165) is 5.56 Å². The molecule has 1 heterocycles. The molecule has 0 aromatic heterocycles. The molecule has 31 heavy (non-hydrogen) atoms. The SMILES string of the molecule is CCCS(=O)(=O)N1CCCc2cc(NS(=O)(=O)c3ccc(NC(C)=O)cc3C)ccc21. The first-order chi connectivity index (χ1) is 14.5. The third-order valence-electron chi connectivity index (χ3n) is 4.99. The molecule has 0 fully saturated rings. The van der Waals surface area contributed by atoms with Crippen molar-refractivity contribution in [3.05, 3.63) is 47.5 Å². The lowest BCUT2D eigenvalue weighted by Gasteiger charge is -2.30. The number of sulfonamides is 2. The second-order valence-corrected chi connectivity index (χ2v) is 11.3. The topological polar surface area (TPSA) is 113 Å². The normalized spacial score (nSPS) is 14.1. The third kappa shape index (κ3) is 5.19. The van der Waals surface area contributed by atoms with Crippen molar-refractivity contribution in [3.8, 4) is 0 Å². The summed E-state index contributed by atoms with van der Waals surface area (Å²) >= 11 is 0. The molecule has 2 aromatic carbocycles. The Morgan fingerprint density at radius 2 is 1.77 bits per heavy atom. The smallest absolute Gasteiger partial charge is 0.262 e. The molecule has 168 valence electrons. The van der Waals surface area contributed by atoms with Crippen molar-refractivity contribution < 1.29 is 21.6 Å². The van der Waals surface area contributed by atoms with Gasteiger partial charge in [0.2, 0.25) is 15.9 Å². The van der Waals surface area contributed by atoms with Crippen LogP contribution in [-0.2, 0) is 31.3 Å². The lowest BCUT2D eigenvalue weighted by atomic mass is 10.0. The van der Waals surface area contributed by atoms with Crippen LogP contribution in [0.15, 0.2) is 41.3 Å². The molecule has 1 amide bonds. The number of rotatable bonds is 7. The van der Waals surface area contributed by atoms with Gasteiger partial charge in [-0.15, -0.1) is 0 Å². The third-order valence-corrected chi connectivity index (χ3v) is 8.51. The van der Waals surface area contributed by atoms with Crippen molar-refractivity contribution in [1.29, 1.82) is 0 Å². The van der Waals surface area contributed by atoms with Gasteiger partial charge < -0.3 is 5.32 Å². The Balaban J connectivity index is 1.87. The first-order valence-electron chi connectivity index (χ1n) is 10.1. The van der Waals surface area contributed by atoms with E-state index in [1.165, 1.54) is 23.4 Å². The monoisotopic (exact) mass is 465 g/mol. The molecule has 1 aliphatic heterocycles. The van der Waals surface area contributed by atoms with Gasteiger partial charge in [-0.05, 0) is 73.7 Å². The van der Waals surface area contributed by atoms with E-state index in [9.17, 15) is 21.6 Å². The highest BCUT2D eigenvalue weighted by atomic mass is 32.2. The molecule has 0 saturated carbocycles. The van der Waals surface area contributed by atoms with Gasteiger partial charge in [0, 0.05) is 24.8 Å². The summed E-state index contributed by atoms with van der Waals surface area (Å²) in [4.78, 5) is 11.3. The van der Waals surface area contributed by atoms with Crippen LogP contribution in [0, 0.1) is 6.92 Å². The maximum absolute atomic E-state index is 12.9. The Morgan fingerprint density at radius 3 is 2.42 bits per heavy atom. The summed E-state index contributed by atoms with van der Waals surface area (Å²) in [5.41, 5.74) is 2.79. The quantitative estimate of drug-likeness (QED) is 0.652. The number of fused-ring (bicyclic) bond motifs is 1. The van der Waals surface area contributed by atoms with Crippen LogP contribution in [0.25, 0.3) is 0 Å². The number of hydrogen-bond donors (Lipinski definition) is 2. The molecule has 2 N–H and O–H groups in total. The second-order valence-electron chi connectivity index (χ2n) is 7.60. The van der Waals surface area contributed by atoms with Gasteiger partial charge >= 0.3 is 0 Å². The predicted octanol–water partition coefficient (Wildman–Crippen LogP) is 3.25. The molecule has 3 rings (SSSR count). The van der Waals surface area contributed by atoms with Gasteiger partial charge in [-0.1, -0.05) is 6.92 Å². The maximum Gasteiger partial charge on any atom is 0.262 e. The van der Waals surface area contributed by atoms with E-state index in [1.54, 1.807) is 31.2 Å². The van der Waals surface area contributed by atoms with Crippen LogP contribution in [0.2, 0.25) is 0 Å². The number of nitrogens with zero attached hydrogens (tertiary/aromatic N) is 1. The van der Waals surface area contributed by atoms with Crippen molar-refractivity contribution in [3.63, 3.8) is 0 Å². The van der Waals surface area contributed by atoms with E-state index in [1.807, 2.05) is 6.92 Å². The van der Waals surface area contributed by atoms with Crippen LogP contribution < -0.4 is 14.3 Å². The minimum absolute atomic E-state index is 0.0780. The van der Waals surface area contributed by atoms with Crippen molar-refractivity contribution in [2.24, 2.45) is 0 Å². The first-order valence-corrected chi connectivity index (χ1v) is 13.2. The molecule has 0 bridgehead atoms. The van der Waals surface area contributed by atoms with Gasteiger partial charge in [-0.2, -0.15) is 0 Å². The zero-order valence-corrected chi connectivity index (χ0v) is 19.4. The first kappa shape index (κ1) is 23.1. The number of nitrogens with one attached hydrogen (secondary N) is 2. The molecule has 0 atom stereocenters. The predicted molar refractivity (Wildman–Crippen MR) is 122 cm³/mol. The van der Waals surface area contributed by atoms with E-state index in [4.69, 9.17) is 0 Å². The Morgan fingerprint density at radius 1 is 1.06 bits per heavy atom. The average Bonchev–Trinajstić information content (AvgIpc) is 2.66. The number of aryl methyl sites for hydroxylation is 2. The van der Waals surface area contributed by atoms with Crippen LogP contribution in [0.3, 0.4) is 0 Å². The summed E-state index contributed by atoms with van der Waals surface area (Å²) in [6.07, 6.45) is 1.88. The summed E-state index contributed by atoms with van der Waals surface area (Å²) in [6, 6.07) is 9.51. The van der Waals surface area contributed by atoms with Crippen LogP contribution >= 0.6 is 0 Å². The lowest BCUT2D eigenvalue weighted by molar-refractivity contribution is -0.114. The largest absolute Gasteiger partial charge is 0.326 e. The minimum Gasteiger partial charge on any atom is -0.326 e. The highest BCUT2D eigenvalue weighted by molar-refractivity contribution is 7.93. The molecule has 0 aliphatic carbocycles. The van der Waals surface area contributed by atoms with Crippen molar-refractivity contribution in [1.82, 2.24) is 0 Å². The van der Waals surface area contributed by atoms with Gasteiger partial charge in [-0.3, -0.25) is 13.8 Å². The summed E-state index contributed by atoms with van der Waals surface area (Å²) in [7, 11) is -7.25. The van der Waals surface area contributed by atoms with Gasteiger partial charge in [0.25, 0.3) is 10.0 Å². The molecule has 0 radical (unpaired) electrons. The second kappa shape index (κ2) is 8.88. The molecular weight excluding hydrogens is 438 g/mol. The fourth-order valence-electron chi connectivity index (χ4n) is 3.73. The van der Waals surface area contributed by atoms with Gasteiger partial charge in [-0.25, -0.2) is 16.8 Å². The molecule has 0 unspecified atom stereocenters. The summed E-state index contributed by atoms with van der Waals surface area (Å²) in [5, 5.41) is 2.63. The molecule has 8 nitrogen and oxygen atoms in total. The highest BCUT2D eigenvalue weighted by Gasteiger charge is 2.27. The van der Waals surface area contributed by atoms with Crippen LogP contribution in [0.5, 0.6) is 0 Å². The van der Waals surface area contributed by atoms with Crippen LogP contribution in [0.1, 0.15) is 37.8 Å². The fourth-order valence-corrected chi connectivity index (χ4v) is 6.62. The summed E-state index contributed by atoms with van der Waals surface area (Å²) < 4.78 is 55.0. The van der Waals surface area contributed by atoms with E-state index in [0.29, 0.717) is 48.4 Å². The molecule has 10 heteroatoms. The van der Waals surface area contributed by atoms with Crippen molar-refractivity contribution in [2.75, 3.05) is 26.6 Å². The molecule has 0 spiro atoms. The summed E-state index contributed by atoms with van der Waals surface area (Å²) in [5.74, 6) is -0.161. The Hall–Kier alpha value is -2.59. The van der Waals surface area contributed by atoms with E-state index >= 15 is 0 Å². The number of carbonyl (C=O) groups is 1. The Bertz CT molecular complexity index is 1210. The van der Waals surface area contributed by atoms with Crippen molar-refractivity contribution in [2.45, 2.75) is 44.9 Å². The average molecular weight is 466 g/mol. The van der Waals surface area contributed by atoms with Crippen LogP contribution in [0.4, 0.5) is 17.1 Å². The number of hydrogen-bond acceptors (Lipinski definition) is 5. The van der Waals surface area contributed by atoms with E-state index < -0.39 is 20.0 Å². The standard InChI is InChI=1S/C21H27N3O5S2/c1-4-12-30(26,27)24-11-5-6-17-14-19(7-9-20(17)24)23-31(28,29)21-10-8-18(13-15(21)2)22-16(3)25/h7-10,13-14,23H,4-6,11-12H2,1-3H3,(H,22,25). The maximum atomic E-state index is 12.9. The molecular formula is C21H27N3O5S2. The number of carbonyl (C=O) groups excluding carboxylic acids is 1. The number of anilines is 3. The van der Waals surface area contributed by atoms with E-state index in [2.05, 4.69) is 10.0 Å². The highest BCUT2D eigenvalue weighted by Crippen LogP contribution is 2.33. The van der Waals surface area contributed by atoms with Gasteiger partial charge in [0.05, 0.1) is 16.3 Å². The van der Waals surface area contributed by atoms with Crippen LogP contribution in [-0.4, -0.2) is 35.0 Å². The van der Waals surface area contributed by atoms with E-state index in [-0.39, 0.29) is 16.6 Å². The number of amides is 1. The Kier molecular flexibility index (Phi) is 6.61. The lowest BCUT2D eigenvalue weighted by Crippen LogP contribution is -2.37. The Labute approximate surface area is 183 Å².